The molecule has 2 N–H and O–H groups in total. The maximum atomic E-state index is 13.8. The van der Waals surface area contributed by atoms with Crippen LogP contribution in [0.5, 0.6) is 0 Å². The number of carbonyl (C=O) groups excluding carboxylic acids is 1. The summed E-state index contributed by atoms with van der Waals surface area (Å²) in [5.41, 5.74) is 2.27. The van der Waals surface area contributed by atoms with E-state index in [0.29, 0.717) is 29.3 Å². The minimum absolute atomic E-state index is 0.289. The van der Waals surface area contributed by atoms with E-state index in [4.69, 9.17) is 23.2 Å². The van der Waals surface area contributed by atoms with E-state index in [1.165, 1.54) is 0 Å². The lowest BCUT2D eigenvalue weighted by atomic mass is 9.91. The summed E-state index contributed by atoms with van der Waals surface area (Å²) in [5, 5.41) is 4.57. The molecule has 2 aromatic carbocycles. The van der Waals surface area contributed by atoms with Crippen molar-refractivity contribution in [3.05, 3.63) is 68.6 Å². The molecule has 1 atom stereocenters. The van der Waals surface area contributed by atoms with Gasteiger partial charge in [-0.1, -0.05) is 23.2 Å². The van der Waals surface area contributed by atoms with E-state index in [1.54, 1.807) is 12.1 Å². The Bertz CT molecular complexity index is 1080. The summed E-state index contributed by atoms with van der Waals surface area (Å²) in [6.45, 7) is 0. The van der Waals surface area contributed by atoms with Crippen LogP contribution in [0.4, 0.5) is 13.2 Å². The van der Waals surface area contributed by atoms with Crippen LogP contribution in [-0.4, -0.2) is 16.9 Å². The molecule has 0 bridgehead atoms. The van der Waals surface area contributed by atoms with Gasteiger partial charge in [0.1, 0.15) is 0 Å². The van der Waals surface area contributed by atoms with Crippen molar-refractivity contribution >= 4 is 40.0 Å². The van der Waals surface area contributed by atoms with Gasteiger partial charge in [-0.05, 0) is 49.1 Å². The third-order valence-corrected chi connectivity index (χ3v) is 5.33. The zero-order chi connectivity index (χ0) is 19.3. The summed E-state index contributed by atoms with van der Waals surface area (Å²) in [7, 11) is 0. The van der Waals surface area contributed by atoms with Crippen molar-refractivity contribution in [2.75, 3.05) is 0 Å². The molecular formula is C19H13Cl2F3N2O. The van der Waals surface area contributed by atoms with Crippen LogP contribution in [0.2, 0.25) is 10.0 Å². The highest BCUT2D eigenvalue weighted by Gasteiger charge is 2.27. The van der Waals surface area contributed by atoms with Crippen LogP contribution >= 0.6 is 23.2 Å². The number of benzene rings is 2. The van der Waals surface area contributed by atoms with Crippen molar-refractivity contribution in [2.45, 2.75) is 25.3 Å². The van der Waals surface area contributed by atoms with Crippen LogP contribution in [0.15, 0.2) is 24.3 Å². The highest BCUT2D eigenvalue weighted by molar-refractivity contribution is 6.38. The third-order valence-electron chi connectivity index (χ3n) is 4.81. The second kappa shape index (κ2) is 6.77. The van der Waals surface area contributed by atoms with Crippen molar-refractivity contribution in [2.24, 2.45) is 0 Å². The molecule has 0 fully saturated rings. The minimum Gasteiger partial charge on any atom is -0.358 e. The van der Waals surface area contributed by atoms with Gasteiger partial charge >= 0.3 is 0 Å². The van der Waals surface area contributed by atoms with Gasteiger partial charge in [-0.25, -0.2) is 13.2 Å². The van der Waals surface area contributed by atoms with Gasteiger partial charge in [0.15, 0.2) is 17.5 Å². The Morgan fingerprint density at radius 2 is 1.93 bits per heavy atom. The summed E-state index contributed by atoms with van der Waals surface area (Å²) in [5.74, 6) is -5.27. The van der Waals surface area contributed by atoms with E-state index in [0.717, 1.165) is 34.3 Å². The number of aromatic amines is 1. The number of hydrogen-bond acceptors (Lipinski definition) is 1. The summed E-state index contributed by atoms with van der Waals surface area (Å²) < 4.78 is 40.3. The van der Waals surface area contributed by atoms with Crippen LogP contribution in [0.1, 0.15) is 28.0 Å². The van der Waals surface area contributed by atoms with Crippen LogP contribution in [0.3, 0.4) is 0 Å². The molecule has 140 valence electrons. The van der Waals surface area contributed by atoms with Crippen LogP contribution in [0.25, 0.3) is 10.9 Å². The highest BCUT2D eigenvalue weighted by atomic mass is 35.5. The number of H-pyrrole nitrogens is 1. The molecule has 1 aliphatic rings. The first kappa shape index (κ1) is 18.2. The van der Waals surface area contributed by atoms with E-state index in [1.807, 2.05) is 0 Å². The van der Waals surface area contributed by atoms with Crippen LogP contribution in [-0.2, 0) is 12.8 Å². The van der Waals surface area contributed by atoms with Gasteiger partial charge in [-0.3, -0.25) is 4.79 Å². The lowest BCUT2D eigenvalue weighted by Crippen LogP contribution is -2.39. The van der Waals surface area contributed by atoms with Gasteiger partial charge < -0.3 is 10.3 Å². The molecule has 1 aromatic heterocycles. The molecule has 8 heteroatoms. The topological polar surface area (TPSA) is 44.9 Å². The number of fused-ring (bicyclic) bond motifs is 3. The smallest absolute Gasteiger partial charge is 0.254 e. The first-order valence-electron chi connectivity index (χ1n) is 8.28. The zero-order valence-corrected chi connectivity index (χ0v) is 15.3. The number of amides is 1. The van der Waals surface area contributed by atoms with Gasteiger partial charge in [0.25, 0.3) is 5.91 Å². The number of halogens is 5. The summed E-state index contributed by atoms with van der Waals surface area (Å²) in [6, 6.07) is 4.81. The third kappa shape index (κ3) is 3.17. The Labute approximate surface area is 162 Å². The molecule has 4 rings (SSSR count). The molecule has 0 spiro atoms. The lowest BCUT2D eigenvalue weighted by molar-refractivity contribution is 0.0928. The van der Waals surface area contributed by atoms with Crippen molar-refractivity contribution in [3.63, 3.8) is 0 Å². The van der Waals surface area contributed by atoms with Gasteiger partial charge in [0, 0.05) is 27.7 Å². The Kier molecular flexibility index (Phi) is 4.56. The number of aryl methyl sites for hydroxylation is 1. The lowest BCUT2D eigenvalue weighted by Gasteiger charge is -2.24. The molecule has 1 unspecified atom stereocenters. The number of rotatable bonds is 2. The van der Waals surface area contributed by atoms with E-state index in [9.17, 15) is 18.0 Å². The molecule has 3 nitrogen and oxygen atoms in total. The van der Waals surface area contributed by atoms with Crippen molar-refractivity contribution in [1.82, 2.24) is 10.3 Å². The number of nitrogens with one attached hydrogen (secondary N) is 2. The molecule has 27 heavy (non-hydrogen) atoms. The van der Waals surface area contributed by atoms with Gasteiger partial charge in [-0.15, -0.1) is 0 Å². The predicted molar refractivity (Wildman–Crippen MR) is 97.9 cm³/mol. The summed E-state index contributed by atoms with van der Waals surface area (Å²) >= 11 is 12.4. The van der Waals surface area contributed by atoms with Crippen LogP contribution in [0, 0.1) is 17.5 Å². The Morgan fingerprint density at radius 1 is 1.15 bits per heavy atom. The van der Waals surface area contributed by atoms with Gasteiger partial charge in [-0.2, -0.15) is 0 Å². The Balaban J connectivity index is 1.60. The fraction of sp³-hybridized carbons (Fsp3) is 0.211. The molecule has 0 saturated heterocycles. The van der Waals surface area contributed by atoms with Gasteiger partial charge in [0.05, 0.1) is 10.6 Å². The molecule has 1 heterocycles. The monoisotopic (exact) mass is 412 g/mol. The van der Waals surface area contributed by atoms with E-state index in [2.05, 4.69) is 10.3 Å². The largest absolute Gasteiger partial charge is 0.358 e. The van der Waals surface area contributed by atoms with Gasteiger partial charge in [0.2, 0.25) is 0 Å². The number of carbonyl (C=O) groups is 1. The number of aromatic nitrogens is 1. The molecule has 0 radical (unpaired) electrons. The average Bonchev–Trinajstić information content (AvgIpc) is 2.97. The number of hydrogen-bond donors (Lipinski definition) is 2. The quantitative estimate of drug-likeness (QED) is 0.559. The first-order valence-corrected chi connectivity index (χ1v) is 9.03. The minimum atomic E-state index is -1.66. The normalized spacial score (nSPS) is 16.4. The van der Waals surface area contributed by atoms with Crippen molar-refractivity contribution in [1.29, 1.82) is 0 Å². The maximum Gasteiger partial charge on any atom is 0.254 e. The van der Waals surface area contributed by atoms with E-state index < -0.39 is 28.9 Å². The second-order valence-electron chi connectivity index (χ2n) is 6.53. The van der Waals surface area contributed by atoms with Crippen molar-refractivity contribution in [3.8, 4) is 0 Å². The summed E-state index contributed by atoms with van der Waals surface area (Å²) in [6.07, 6.45) is 1.75. The van der Waals surface area contributed by atoms with Crippen LogP contribution < -0.4 is 5.32 Å². The standard InChI is InChI=1S/C19H13Cl2F3N2O/c20-8-5-12(21)16-11-7-9(1-4-14(11)26-15(16)6-8)25-19(27)10-2-3-13(22)18(24)17(10)23/h2-3,5-6,9,26H,1,4,7H2,(H,25,27). The average molecular weight is 413 g/mol. The molecule has 1 aliphatic carbocycles. The van der Waals surface area contributed by atoms with Crippen molar-refractivity contribution < 1.29 is 18.0 Å². The predicted octanol–water partition coefficient (Wildman–Crippen LogP) is 5.18. The maximum absolute atomic E-state index is 13.8. The Hall–Kier alpha value is -2.18. The fourth-order valence-corrected chi connectivity index (χ4v) is 4.17. The molecular weight excluding hydrogens is 400 g/mol. The zero-order valence-electron chi connectivity index (χ0n) is 13.8. The fourth-order valence-electron chi connectivity index (χ4n) is 3.56. The Morgan fingerprint density at radius 3 is 2.70 bits per heavy atom. The summed E-state index contributed by atoms with van der Waals surface area (Å²) in [4.78, 5) is 15.6. The first-order chi connectivity index (χ1) is 12.8. The highest BCUT2D eigenvalue weighted by Crippen LogP contribution is 2.36. The molecule has 0 aliphatic heterocycles. The second-order valence-corrected chi connectivity index (χ2v) is 7.37. The van der Waals surface area contributed by atoms with E-state index >= 15 is 0 Å². The molecule has 1 amide bonds. The SMILES string of the molecule is O=C(NC1CCc2[nH]c3cc(Cl)cc(Cl)c3c2C1)c1ccc(F)c(F)c1F. The van der Waals surface area contributed by atoms with E-state index in [-0.39, 0.29) is 6.04 Å². The molecule has 0 saturated carbocycles. The molecule has 3 aromatic rings.